The van der Waals surface area contributed by atoms with Crippen molar-refractivity contribution in [2.75, 3.05) is 5.73 Å². The van der Waals surface area contributed by atoms with E-state index in [1.807, 2.05) is 0 Å². The third kappa shape index (κ3) is 5.24. The van der Waals surface area contributed by atoms with Gasteiger partial charge in [-0.05, 0) is 19.9 Å². The van der Waals surface area contributed by atoms with Crippen LogP contribution in [0.15, 0.2) is 28.5 Å². The second-order valence-corrected chi connectivity index (χ2v) is 9.98. The number of nitrogens with one attached hydrogen (secondary N) is 2. The maximum atomic E-state index is 13.0. The van der Waals surface area contributed by atoms with E-state index in [-0.39, 0.29) is 22.4 Å². The zero-order valence-corrected chi connectivity index (χ0v) is 19.4. The molecule has 1 fully saturated rings. The van der Waals surface area contributed by atoms with Crippen molar-refractivity contribution in [1.29, 1.82) is 0 Å². The van der Waals surface area contributed by atoms with Gasteiger partial charge in [0.05, 0.1) is 18.3 Å². The zero-order valence-electron chi connectivity index (χ0n) is 17.8. The van der Waals surface area contributed by atoms with E-state index in [0.717, 1.165) is 11.8 Å². The SMILES string of the molecule is CC(C)(O/N=C(\C(=O)NC1C(=O)N(S(=O)(=O)O)C1Cn1ccc(N)n1)C1=CSC(N)N1)C(=O)O. The van der Waals surface area contributed by atoms with Gasteiger partial charge in [-0.3, -0.25) is 18.8 Å². The number of thioether (sulfide) groups is 1. The minimum absolute atomic E-state index is 0.0889. The molecule has 1 aromatic rings. The molecule has 1 aromatic heterocycles. The van der Waals surface area contributed by atoms with Crippen molar-refractivity contribution < 1.29 is 37.3 Å². The first-order valence-electron chi connectivity index (χ1n) is 9.49. The van der Waals surface area contributed by atoms with Gasteiger partial charge in [-0.2, -0.15) is 13.5 Å². The molecule has 34 heavy (non-hydrogen) atoms. The van der Waals surface area contributed by atoms with Gasteiger partial charge in [-0.25, -0.2) is 9.10 Å². The number of anilines is 1. The number of amides is 2. The number of aliphatic carboxylic acids is 1. The molecule has 0 radical (unpaired) electrons. The first-order valence-corrected chi connectivity index (χ1v) is 11.8. The highest BCUT2D eigenvalue weighted by molar-refractivity contribution is 8.02. The summed E-state index contributed by atoms with van der Waals surface area (Å²) in [5, 5.41) is 23.3. The summed E-state index contributed by atoms with van der Waals surface area (Å²) in [7, 11) is -4.93. The van der Waals surface area contributed by atoms with Gasteiger partial charge in [0.1, 0.15) is 17.4 Å². The van der Waals surface area contributed by atoms with Crippen LogP contribution in [0.5, 0.6) is 0 Å². The third-order valence-corrected chi connectivity index (χ3v) is 6.45. The van der Waals surface area contributed by atoms with E-state index >= 15 is 0 Å². The van der Waals surface area contributed by atoms with Crippen LogP contribution in [0.2, 0.25) is 0 Å². The van der Waals surface area contributed by atoms with Crippen LogP contribution < -0.4 is 22.1 Å². The number of hydrogen-bond donors (Lipinski definition) is 6. The topological polar surface area (TPSA) is 245 Å². The Morgan fingerprint density at radius 1 is 1.44 bits per heavy atom. The fraction of sp³-hybridized carbons (Fsp3) is 0.438. The van der Waals surface area contributed by atoms with Gasteiger partial charge in [0.2, 0.25) is 5.60 Å². The highest BCUT2D eigenvalue weighted by atomic mass is 32.2. The molecule has 3 atom stereocenters. The Hall–Kier alpha value is -3.35. The molecule has 2 amide bonds. The number of nitrogens with two attached hydrogens (primary N) is 2. The second-order valence-electron chi connectivity index (χ2n) is 7.67. The van der Waals surface area contributed by atoms with Crippen LogP contribution in [0.1, 0.15) is 13.8 Å². The van der Waals surface area contributed by atoms with Crippen molar-refractivity contribution >= 4 is 51.4 Å². The van der Waals surface area contributed by atoms with Crippen LogP contribution in [0.4, 0.5) is 5.82 Å². The van der Waals surface area contributed by atoms with Crippen molar-refractivity contribution in [2.45, 2.75) is 43.6 Å². The van der Waals surface area contributed by atoms with Gasteiger partial charge in [-0.1, -0.05) is 16.9 Å². The molecule has 2 aliphatic heterocycles. The Bertz CT molecular complexity index is 1180. The van der Waals surface area contributed by atoms with Gasteiger partial charge in [0.25, 0.3) is 11.8 Å². The largest absolute Gasteiger partial charge is 0.478 e. The number of rotatable bonds is 9. The fourth-order valence-electron chi connectivity index (χ4n) is 2.92. The number of β-lactam (4-membered cyclic amide) rings is 1. The first kappa shape index (κ1) is 25.3. The van der Waals surface area contributed by atoms with Crippen molar-refractivity contribution in [3.05, 3.63) is 23.4 Å². The van der Waals surface area contributed by atoms with Crippen LogP contribution in [0.25, 0.3) is 0 Å². The number of oxime groups is 1. The molecule has 0 aliphatic carbocycles. The summed E-state index contributed by atoms with van der Waals surface area (Å²) >= 11 is 1.10. The van der Waals surface area contributed by atoms with E-state index < -0.39 is 57.0 Å². The van der Waals surface area contributed by atoms with Gasteiger partial charge >= 0.3 is 16.3 Å². The number of carbonyl (C=O) groups is 3. The van der Waals surface area contributed by atoms with Crippen molar-refractivity contribution in [3.63, 3.8) is 0 Å². The highest BCUT2D eigenvalue weighted by Crippen LogP contribution is 2.26. The molecule has 0 bridgehead atoms. The molecule has 0 spiro atoms. The summed E-state index contributed by atoms with van der Waals surface area (Å²) in [6.45, 7) is 2.18. The maximum Gasteiger partial charge on any atom is 0.362 e. The lowest BCUT2D eigenvalue weighted by Crippen LogP contribution is -2.73. The molecule has 3 heterocycles. The van der Waals surface area contributed by atoms with Gasteiger partial charge in [0.15, 0.2) is 5.71 Å². The number of carbonyl (C=O) groups excluding carboxylic acids is 2. The molecular weight excluding hydrogens is 496 g/mol. The fourth-order valence-corrected chi connectivity index (χ4v) is 4.45. The summed E-state index contributed by atoms with van der Waals surface area (Å²) in [6, 6.07) is -1.22. The minimum atomic E-state index is -4.93. The molecule has 186 valence electrons. The predicted octanol–water partition coefficient (Wildman–Crippen LogP) is -2.38. The average molecular weight is 519 g/mol. The number of carboxylic acid groups (broad SMARTS) is 1. The lowest BCUT2D eigenvalue weighted by atomic mass is 9.98. The van der Waals surface area contributed by atoms with Gasteiger partial charge in [-0.15, -0.1) is 0 Å². The summed E-state index contributed by atoms with van der Waals surface area (Å²) < 4.78 is 34.2. The third-order valence-electron chi connectivity index (χ3n) is 4.72. The number of hydrogen-bond acceptors (Lipinski definition) is 12. The average Bonchev–Trinajstić information content (AvgIpc) is 3.32. The van der Waals surface area contributed by atoms with Gasteiger partial charge in [0, 0.05) is 11.6 Å². The molecular formula is C16H22N8O8S2. The van der Waals surface area contributed by atoms with Gasteiger partial charge < -0.3 is 32.0 Å². The highest BCUT2D eigenvalue weighted by Gasteiger charge is 2.54. The molecule has 3 rings (SSSR count). The quantitative estimate of drug-likeness (QED) is 0.0866. The molecule has 8 N–H and O–H groups in total. The van der Waals surface area contributed by atoms with E-state index in [1.165, 1.54) is 36.2 Å². The maximum absolute atomic E-state index is 13.0. The summed E-state index contributed by atoms with van der Waals surface area (Å²) in [4.78, 5) is 41.8. The molecule has 0 saturated carbocycles. The number of nitrogen functional groups attached to an aromatic ring is 1. The zero-order chi connectivity index (χ0) is 25.4. The Balaban J connectivity index is 1.86. The van der Waals surface area contributed by atoms with Crippen LogP contribution in [0, 0.1) is 0 Å². The molecule has 18 heteroatoms. The number of carboxylic acids is 1. The van der Waals surface area contributed by atoms with Crippen molar-refractivity contribution in [1.82, 2.24) is 24.7 Å². The monoisotopic (exact) mass is 518 g/mol. The van der Waals surface area contributed by atoms with E-state index in [2.05, 4.69) is 20.9 Å². The summed E-state index contributed by atoms with van der Waals surface area (Å²) in [6.07, 6.45) is 1.42. The Kier molecular flexibility index (Phi) is 6.78. The molecule has 1 saturated heterocycles. The Morgan fingerprint density at radius 2 is 2.12 bits per heavy atom. The number of nitrogens with zero attached hydrogens (tertiary/aromatic N) is 4. The van der Waals surface area contributed by atoms with Crippen molar-refractivity contribution in [3.8, 4) is 0 Å². The van der Waals surface area contributed by atoms with E-state index in [4.69, 9.17) is 16.3 Å². The van der Waals surface area contributed by atoms with E-state index in [1.54, 1.807) is 0 Å². The van der Waals surface area contributed by atoms with Crippen LogP contribution in [-0.4, -0.2) is 78.8 Å². The molecule has 3 unspecified atom stereocenters. The number of aromatic nitrogens is 2. The van der Waals surface area contributed by atoms with Crippen molar-refractivity contribution in [2.24, 2.45) is 10.9 Å². The Morgan fingerprint density at radius 3 is 2.62 bits per heavy atom. The van der Waals surface area contributed by atoms with E-state index in [9.17, 15) is 32.5 Å². The van der Waals surface area contributed by atoms with E-state index in [0.29, 0.717) is 0 Å². The standard InChI is InChI=1S/C16H22N8O8S2/c1-16(2,14(27)28)32-22-10(7-6-33-15(18)19-7)12(25)20-11-8(5-23-4-3-9(17)21-23)24(13(11)26)34(29,30)31/h3-4,6,8,11,15,19H,5,18H2,1-2H3,(H2,17,21)(H,20,25)(H,27,28)(H,29,30,31)/b22-10-. The summed E-state index contributed by atoms with van der Waals surface area (Å²) in [5.74, 6) is -3.32. The second kappa shape index (κ2) is 9.12. The van der Waals surface area contributed by atoms with Crippen LogP contribution >= 0.6 is 11.8 Å². The molecule has 16 nitrogen and oxygen atoms in total. The Labute approximate surface area is 197 Å². The molecule has 0 aromatic carbocycles. The normalized spacial score (nSPS) is 23.1. The lowest BCUT2D eigenvalue weighted by Gasteiger charge is -2.44. The lowest BCUT2D eigenvalue weighted by molar-refractivity contribution is -0.161. The van der Waals surface area contributed by atoms with Crippen LogP contribution in [-0.2, 0) is 36.1 Å². The first-order chi connectivity index (χ1) is 15.7. The summed E-state index contributed by atoms with van der Waals surface area (Å²) in [5.41, 5.74) is 8.51. The minimum Gasteiger partial charge on any atom is -0.478 e. The predicted molar refractivity (Wildman–Crippen MR) is 118 cm³/mol. The smallest absolute Gasteiger partial charge is 0.362 e. The van der Waals surface area contributed by atoms with Crippen LogP contribution in [0.3, 0.4) is 0 Å². The molecule has 2 aliphatic rings.